The van der Waals surface area contributed by atoms with Crippen LogP contribution in [0.4, 0.5) is 0 Å². The Balaban J connectivity index is 2.11. The minimum absolute atomic E-state index is 0.171. The van der Waals surface area contributed by atoms with Crippen LogP contribution in [0.15, 0.2) is 0 Å². The van der Waals surface area contributed by atoms with E-state index >= 15 is 0 Å². The van der Waals surface area contributed by atoms with Crippen molar-refractivity contribution in [3.8, 4) is 0 Å². The fourth-order valence-corrected chi connectivity index (χ4v) is 5.47. The average Bonchev–Trinajstić information content (AvgIpc) is 2.43. The van der Waals surface area contributed by atoms with Gasteiger partial charge in [0.25, 0.3) is 0 Å². The van der Waals surface area contributed by atoms with Crippen LogP contribution in [-0.2, 0) is 15.6 Å². The lowest BCUT2D eigenvalue weighted by Crippen LogP contribution is -2.45. The maximum Gasteiger partial charge on any atom is 0.172 e. The lowest BCUT2D eigenvalue weighted by atomic mass is 10.0. The highest BCUT2D eigenvalue weighted by atomic mass is 32.2. The Morgan fingerprint density at radius 3 is 2.85 bits per heavy atom. The third-order valence-electron chi connectivity index (χ3n) is 3.06. The highest BCUT2D eigenvalue weighted by Crippen LogP contribution is 2.33. The number of aliphatic hydroxyl groups excluding tert-OH is 2. The number of aliphatic hydroxyl groups is 2. The van der Waals surface area contributed by atoms with E-state index in [2.05, 4.69) is 0 Å². The Hall–Kier alpha value is 0.230. The van der Waals surface area contributed by atoms with E-state index in [-0.39, 0.29) is 22.2 Å². The smallest absolute Gasteiger partial charge is 0.172 e. The number of rotatable bonds is 1. The molecule has 0 aliphatic carbocycles. The number of methoxy groups -OCH3 is 1. The summed E-state index contributed by atoms with van der Waals surface area (Å²) < 4.78 is 5.36. The van der Waals surface area contributed by atoms with Crippen LogP contribution < -0.4 is 0 Å². The maximum atomic E-state index is 9.77. The Morgan fingerprint density at radius 2 is 2.15 bits per heavy atom. The zero-order valence-electron chi connectivity index (χ0n) is 7.85. The second-order valence-corrected chi connectivity index (χ2v) is 6.21. The van der Waals surface area contributed by atoms with Crippen LogP contribution in [0.25, 0.3) is 0 Å². The molecule has 0 spiro atoms. The van der Waals surface area contributed by atoms with Gasteiger partial charge < -0.3 is 14.9 Å². The van der Waals surface area contributed by atoms with Crippen molar-refractivity contribution in [2.75, 3.05) is 18.6 Å². The lowest BCUT2D eigenvalue weighted by molar-refractivity contribution is -0.00162. The van der Waals surface area contributed by atoms with Crippen molar-refractivity contribution in [2.45, 2.75) is 36.4 Å². The molecule has 13 heavy (non-hydrogen) atoms. The second-order valence-electron chi connectivity index (χ2n) is 3.85. The Kier molecular flexibility index (Phi) is 2.83. The molecule has 0 bridgehead atoms. The van der Waals surface area contributed by atoms with Crippen molar-refractivity contribution in [1.29, 1.82) is 0 Å². The normalized spacial score (nSPS) is 50.5. The Bertz CT molecular complexity index is 182. The fourth-order valence-electron chi connectivity index (χ4n) is 2.39. The third kappa shape index (κ3) is 1.61. The summed E-state index contributed by atoms with van der Waals surface area (Å²) in [6.07, 6.45) is 1.33. The molecule has 4 heteroatoms. The van der Waals surface area contributed by atoms with Crippen molar-refractivity contribution < 1.29 is 14.9 Å². The first kappa shape index (κ1) is 9.77. The summed E-state index contributed by atoms with van der Waals surface area (Å²) in [5, 5.41) is 19.5. The van der Waals surface area contributed by atoms with Crippen LogP contribution in [0.5, 0.6) is 0 Å². The maximum absolute atomic E-state index is 9.77. The van der Waals surface area contributed by atoms with Gasteiger partial charge in [0.2, 0.25) is 0 Å². The van der Waals surface area contributed by atoms with E-state index < -0.39 is 12.2 Å². The van der Waals surface area contributed by atoms with Crippen LogP contribution >= 0.6 is 0 Å². The molecule has 1 unspecified atom stereocenters. The molecule has 2 rings (SSSR count). The van der Waals surface area contributed by atoms with Crippen LogP contribution in [0.2, 0.25) is 0 Å². The number of ether oxygens (including phenoxy) is 1. The first-order chi connectivity index (χ1) is 6.24. The number of hydrogen-bond donors (Lipinski definition) is 2. The molecule has 0 aromatic carbocycles. The van der Waals surface area contributed by atoms with E-state index in [9.17, 15) is 10.2 Å². The second kappa shape index (κ2) is 3.77. The van der Waals surface area contributed by atoms with Crippen molar-refractivity contribution in [2.24, 2.45) is 0 Å². The molecule has 0 radical (unpaired) electrons. The standard InChI is InChI=1S/C9H17O3S/c1-12-7-3-2-4-13-5-6(10)8(11)9(7)13/h6-11H,2-5H2,1H3/q+1/t6-,7-,8-,9-,13?/m1/s1. The van der Waals surface area contributed by atoms with Crippen molar-refractivity contribution in [3.63, 3.8) is 0 Å². The van der Waals surface area contributed by atoms with E-state index in [1.807, 2.05) is 0 Å². The SMILES string of the molecule is CO[C@@H]1CCC[S+]2C[C@@H](O)[C@@H](O)[C@@H]12. The van der Waals surface area contributed by atoms with Gasteiger partial charge in [0, 0.05) is 7.11 Å². The van der Waals surface area contributed by atoms with E-state index in [0.29, 0.717) is 0 Å². The molecule has 76 valence electrons. The summed E-state index contributed by atoms with van der Waals surface area (Å²) in [5.41, 5.74) is 0. The molecule has 0 aromatic rings. The molecule has 2 N–H and O–H groups in total. The van der Waals surface area contributed by atoms with E-state index in [1.54, 1.807) is 7.11 Å². The van der Waals surface area contributed by atoms with Crippen LogP contribution in [0, 0.1) is 0 Å². The van der Waals surface area contributed by atoms with E-state index in [0.717, 1.165) is 12.2 Å². The summed E-state index contributed by atoms with van der Waals surface area (Å²) in [7, 11) is 1.90. The zero-order valence-corrected chi connectivity index (χ0v) is 8.67. The van der Waals surface area contributed by atoms with Gasteiger partial charge in [-0.25, -0.2) is 0 Å². The molecule has 2 heterocycles. The van der Waals surface area contributed by atoms with Crippen LogP contribution in [0.3, 0.4) is 0 Å². The number of fused-ring (bicyclic) bond motifs is 1. The monoisotopic (exact) mass is 205 g/mol. The summed E-state index contributed by atoms with van der Waals surface area (Å²) >= 11 is 0. The molecule has 5 atom stereocenters. The van der Waals surface area contributed by atoms with Crippen LogP contribution in [0.1, 0.15) is 12.8 Å². The first-order valence-corrected chi connectivity index (χ1v) is 6.42. The molecule has 0 saturated carbocycles. The molecule has 2 aliphatic rings. The fraction of sp³-hybridized carbons (Fsp3) is 1.00. The minimum atomic E-state index is -0.548. The van der Waals surface area contributed by atoms with Gasteiger partial charge in [0.05, 0.1) is 0 Å². The van der Waals surface area contributed by atoms with Gasteiger partial charge in [0.1, 0.15) is 29.8 Å². The summed E-state index contributed by atoms with van der Waals surface area (Å²) in [5.74, 6) is 1.95. The quantitative estimate of drug-likeness (QED) is 0.568. The molecule has 0 aromatic heterocycles. The zero-order chi connectivity index (χ0) is 9.42. The Labute approximate surface area is 81.4 Å². The lowest BCUT2D eigenvalue weighted by Gasteiger charge is -2.27. The molecular formula is C9H17O3S+. The highest BCUT2D eigenvalue weighted by Gasteiger charge is 2.55. The van der Waals surface area contributed by atoms with Crippen molar-refractivity contribution >= 4 is 10.9 Å². The van der Waals surface area contributed by atoms with E-state index in [1.165, 1.54) is 12.2 Å². The van der Waals surface area contributed by atoms with Gasteiger partial charge in [-0.2, -0.15) is 0 Å². The number of hydrogen-bond acceptors (Lipinski definition) is 3. The topological polar surface area (TPSA) is 49.7 Å². The summed E-state index contributed by atoms with van der Waals surface area (Å²) in [4.78, 5) is 0. The van der Waals surface area contributed by atoms with Gasteiger partial charge in [-0.15, -0.1) is 0 Å². The summed E-state index contributed by atoms with van der Waals surface area (Å²) in [6.45, 7) is 0. The third-order valence-corrected chi connectivity index (χ3v) is 6.00. The Morgan fingerprint density at radius 1 is 1.38 bits per heavy atom. The van der Waals surface area contributed by atoms with Crippen molar-refractivity contribution in [3.05, 3.63) is 0 Å². The minimum Gasteiger partial charge on any atom is -0.385 e. The molecule has 2 saturated heterocycles. The summed E-state index contributed by atoms with van der Waals surface area (Å²) in [6, 6.07) is 0. The van der Waals surface area contributed by atoms with Gasteiger partial charge in [-0.05, 0) is 23.7 Å². The van der Waals surface area contributed by atoms with Gasteiger partial charge in [0.15, 0.2) is 5.25 Å². The predicted molar refractivity (Wildman–Crippen MR) is 52.9 cm³/mol. The molecular weight excluding hydrogens is 188 g/mol. The molecule has 2 fully saturated rings. The molecule has 3 nitrogen and oxygen atoms in total. The largest absolute Gasteiger partial charge is 0.385 e. The highest BCUT2D eigenvalue weighted by molar-refractivity contribution is 7.97. The molecule has 0 amide bonds. The van der Waals surface area contributed by atoms with Crippen molar-refractivity contribution in [1.82, 2.24) is 0 Å². The first-order valence-electron chi connectivity index (χ1n) is 4.79. The van der Waals surface area contributed by atoms with Gasteiger partial charge in [-0.3, -0.25) is 0 Å². The average molecular weight is 205 g/mol. The van der Waals surface area contributed by atoms with Gasteiger partial charge in [-0.1, -0.05) is 0 Å². The molecule has 2 aliphatic heterocycles. The van der Waals surface area contributed by atoms with Gasteiger partial charge >= 0.3 is 0 Å². The van der Waals surface area contributed by atoms with E-state index in [4.69, 9.17) is 4.74 Å². The van der Waals surface area contributed by atoms with Crippen LogP contribution in [-0.4, -0.2) is 52.4 Å². The predicted octanol–water partition coefficient (Wildman–Crippen LogP) is -0.483.